The molecule has 6 rings (SSSR count). The molecule has 1 aliphatic rings. The molecule has 214 valence electrons. The Bertz CT molecular complexity index is 1840. The van der Waals surface area contributed by atoms with Gasteiger partial charge in [0.1, 0.15) is 17.3 Å². The highest BCUT2D eigenvalue weighted by Gasteiger charge is 2.48. The van der Waals surface area contributed by atoms with E-state index in [0.717, 1.165) is 16.7 Å². The van der Waals surface area contributed by atoms with Crippen molar-refractivity contribution in [3.8, 4) is 11.5 Å². The third-order valence-corrected chi connectivity index (χ3v) is 9.18. The molecule has 1 unspecified atom stereocenters. The largest absolute Gasteiger partial charge is 0.507 e. The van der Waals surface area contributed by atoms with Crippen LogP contribution in [0.25, 0.3) is 5.76 Å². The first kappa shape index (κ1) is 28.4. The molecule has 4 aromatic carbocycles. The van der Waals surface area contributed by atoms with Gasteiger partial charge in [-0.05, 0) is 60.9 Å². The fourth-order valence-electron chi connectivity index (χ4n) is 4.93. The summed E-state index contributed by atoms with van der Waals surface area (Å²) in [5, 5.41) is 20.6. The molecule has 0 spiro atoms. The van der Waals surface area contributed by atoms with Gasteiger partial charge in [0.15, 0.2) is 4.34 Å². The zero-order chi connectivity index (χ0) is 29.9. The summed E-state index contributed by atoms with van der Waals surface area (Å²) >= 11 is 2.74. The van der Waals surface area contributed by atoms with Gasteiger partial charge >= 0.3 is 5.91 Å². The van der Waals surface area contributed by atoms with Gasteiger partial charge in [-0.25, -0.2) is 0 Å². The van der Waals surface area contributed by atoms with Crippen LogP contribution in [0.2, 0.25) is 0 Å². The SMILES string of the molecule is Cc1ccc(C)c(/C(O)=C2\C(=O)C(=O)N(c3nnc(SCc4ccccc4)s3)C2c2cccc(Oc3ccccc3)c2)c1. The summed E-state index contributed by atoms with van der Waals surface area (Å²) in [4.78, 5) is 28.7. The molecule has 0 aliphatic carbocycles. The Kier molecular flexibility index (Phi) is 8.09. The number of para-hydroxylation sites is 1. The number of anilines is 1. The van der Waals surface area contributed by atoms with Crippen LogP contribution in [0.4, 0.5) is 5.13 Å². The molecule has 9 heteroatoms. The second-order valence-corrected chi connectivity index (χ2v) is 12.3. The highest BCUT2D eigenvalue weighted by atomic mass is 32.2. The number of nitrogens with zero attached hydrogens (tertiary/aromatic N) is 3. The number of benzene rings is 4. The Morgan fingerprint density at radius 2 is 1.60 bits per heavy atom. The Balaban J connectivity index is 1.43. The highest BCUT2D eigenvalue weighted by Crippen LogP contribution is 2.45. The van der Waals surface area contributed by atoms with E-state index in [1.54, 1.807) is 18.2 Å². The second-order valence-electron chi connectivity index (χ2n) is 10.1. The van der Waals surface area contributed by atoms with Gasteiger partial charge in [0, 0.05) is 11.3 Å². The fraction of sp³-hybridized carbons (Fsp3) is 0.118. The Morgan fingerprint density at radius 1 is 0.884 bits per heavy atom. The van der Waals surface area contributed by atoms with Gasteiger partial charge in [0.2, 0.25) is 5.13 Å². The highest BCUT2D eigenvalue weighted by molar-refractivity contribution is 8.00. The lowest BCUT2D eigenvalue weighted by molar-refractivity contribution is -0.132. The number of thioether (sulfide) groups is 1. The summed E-state index contributed by atoms with van der Waals surface area (Å²) in [7, 11) is 0. The van der Waals surface area contributed by atoms with Gasteiger partial charge in [-0.2, -0.15) is 0 Å². The monoisotopic (exact) mass is 605 g/mol. The molecule has 7 nitrogen and oxygen atoms in total. The van der Waals surface area contributed by atoms with E-state index in [1.807, 2.05) is 98.8 Å². The van der Waals surface area contributed by atoms with Crippen molar-refractivity contribution in [3.05, 3.63) is 137 Å². The molecule has 1 aliphatic heterocycles. The van der Waals surface area contributed by atoms with Crippen LogP contribution < -0.4 is 9.64 Å². The predicted octanol–water partition coefficient (Wildman–Crippen LogP) is 7.87. The van der Waals surface area contributed by atoms with Crippen molar-refractivity contribution in [1.82, 2.24) is 10.2 Å². The number of amides is 1. The van der Waals surface area contributed by atoms with Gasteiger partial charge in [-0.3, -0.25) is 14.5 Å². The van der Waals surface area contributed by atoms with Crippen molar-refractivity contribution in [2.24, 2.45) is 0 Å². The summed E-state index contributed by atoms with van der Waals surface area (Å²) in [6, 6.07) is 31.2. The van der Waals surface area contributed by atoms with E-state index in [-0.39, 0.29) is 16.5 Å². The predicted molar refractivity (Wildman–Crippen MR) is 170 cm³/mol. The van der Waals surface area contributed by atoms with E-state index >= 15 is 0 Å². The normalized spacial score (nSPS) is 16.0. The Hall–Kier alpha value is -4.73. The molecule has 0 saturated carbocycles. The molecule has 43 heavy (non-hydrogen) atoms. The Morgan fingerprint density at radius 3 is 2.37 bits per heavy atom. The maximum Gasteiger partial charge on any atom is 0.301 e. The van der Waals surface area contributed by atoms with Crippen LogP contribution in [-0.2, 0) is 15.3 Å². The van der Waals surface area contributed by atoms with E-state index in [0.29, 0.717) is 32.7 Å². The third kappa shape index (κ3) is 5.95. The summed E-state index contributed by atoms with van der Waals surface area (Å²) in [6.07, 6.45) is 0. The molecule has 1 aromatic heterocycles. The van der Waals surface area contributed by atoms with Crippen molar-refractivity contribution < 1.29 is 19.4 Å². The number of hydrogen-bond donors (Lipinski definition) is 1. The smallest absolute Gasteiger partial charge is 0.301 e. The van der Waals surface area contributed by atoms with Crippen LogP contribution in [0.1, 0.15) is 33.9 Å². The van der Waals surface area contributed by atoms with Crippen LogP contribution in [0, 0.1) is 13.8 Å². The number of aromatic nitrogens is 2. The molecule has 1 fully saturated rings. The molecule has 1 N–H and O–H groups in total. The summed E-state index contributed by atoms with van der Waals surface area (Å²) in [5.41, 5.74) is 3.91. The molecular weight excluding hydrogens is 579 g/mol. The average Bonchev–Trinajstić information content (AvgIpc) is 3.60. The molecule has 1 amide bonds. The molecule has 5 aromatic rings. The number of carbonyl (C=O) groups excluding carboxylic acids is 2. The van der Waals surface area contributed by atoms with Gasteiger partial charge in [0.05, 0.1) is 11.6 Å². The van der Waals surface area contributed by atoms with Crippen LogP contribution in [0.3, 0.4) is 0 Å². The zero-order valence-corrected chi connectivity index (χ0v) is 25.1. The quantitative estimate of drug-likeness (QED) is 0.0633. The molecule has 2 heterocycles. The number of carbonyl (C=O) groups is 2. The van der Waals surface area contributed by atoms with Crippen LogP contribution in [-0.4, -0.2) is 27.0 Å². The van der Waals surface area contributed by atoms with Crippen LogP contribution >= 0.6 is 23.1 Å². The summed E-state index contributed by atoms with van der Waals surface area (Å²) in [6.45, 7) is 3.77. The summed E-state index contributed by atoms with van der Waals surface area (Å²) in [5.74, 6) is 0.0622. The number of aryl methyl sites for hydroxylation is 2. The number of hydrogen-bond acceptors (Lipinski definition) is 8. The molecule has 0 bridgehead atoms. The number of rotatable bonds is 8. The van der Waals surface area contributed by atoms with Crippen molar-refractivity contribution in [2.45, 2.75) is 30.0 Å². The minimum Gasteiger partial charge on any atom is -0.507 e. The van der Waals surface area contributed by atoms with E-state index in [4.69, 9.17) is 4.74 Å². The van der Waals surface area contributed by atoms with Gasteiger partial charge in [0.25, 0.3) is 5.78 Å². The molecule has 1 atom stereocenters. The fourth-order valence-corrected chi connectivity index (χ4v) is 6.75. The van der Waals surface area contributed by atoms with Crippen molar-refractivity contribution in [1.29, 1.82) is 0 Å². The van der Waals surface area contributed by atoms with Crippen molar-refractivity contribution in [3.63, 3.8) is 0 Å². The van der Waals surface area contributed by atoms with Gasteiger partial charge < -0.3 is 9.84 Å². The summed E-state index contributed by atoms with van der Waals surface area (Å²) < 4.78 is 6.73. The Labute approximate surface area is 257 Å². The first-order valence-electron chi connectivity index (χ1n) is 13.6. The minimum atomic E-state index is -0.945. The number of aliphatic hydroxyl groups is 1. The maximum absolute atomic E-state index is 13.7. The second kappa shape index (κ2) is 12.2. The van der Waals surface area contributed by atoms with E-state index in [1.165, 1.54) is 28.0 Å². The van der Waals surface area contributed by atoms with Crippen LogP contribution in [0.5, 0.6) is 11.5 Å². The number of Topliss-reactive ketones (excluding diaryl/α,β-unsaturated/α-hetero) is 1. The number of ketones is 1. The van der Waals surface area contributed by atoms with E-state index in [9.17, 15) is 14.7 Å². The minimum absolute atomic E-state index is 0.00995. The first-order chi connectivity index (χ1) is 20.9. The maximum atomic E-state index is 13.7. The first-order valence-corrected chi connectivity index (χ1v) is 15.4. The van der Waals surface area contributed by atoms with Gasteiger partial charge in [-0.1, -0.05) is 101 Å². The lowest BCUT2D eigenvalue weighted by Gasteiger charge is -2.23. The van der Waals surface area contributed by atoms with Crippen LogP contribution in [0.15, 0.2) is 113 Å². The number of aliphatic hydroxyl groups excluding tert-OH is 1. The van der Waals surface area contributed by atoms with Crippen molar-refractivity contribution >= 4 is 45.7 Å². The lowest BCUT2D eigenvalue weighted by Crippen LogP contribution is -2.29. The standard InChI is InChI=1S/C34H27N3O4S2/c1-21-16-17-22(2)27(18-21)30(38)28-29(24-12-9-15-26(19-24)41-25-13-7-4-8-14-25)37(32(40)31(28)39)33-35-36-34(43-33)42-20-23-10-5-3-6-11-23/h3-19,29,38H,20H2,1-2H3/b30-28+. The lowest BCUT2D eigenvalue weighted by atomic mass is 9.93. The molecular formula is C34H27N3O4S2. The topological polar surface area (TPSA) is 92.6 Å². The van der Waals surface area contributed by atoms with Gasteiger partial charge in [-0.15, -0.1) is 10.2 Å². The van der Waals surface area contributed by atoms with E-state index < -0.39 is 17.7 Å². The molecule has 1 saturated heterocycles. The molecule has 0 radical (unpaired) electrons. The average molecular weight is 606 g/mol. The zero-order valence-electron chi connectivity index (χ0n) is 23.4. The van der Waals surface area contributed by atoms with E-state index in [2.05, 4.69) is 10.2 Å². The number of ether oxygens (including phenoxy) is 1. The van der Waals surface area contributed by atoms with Crippen molar-refractivity contribution in [2.75, 3.05) is 4.90 Å². The third-order valence-electron chi connectivity index (χ3n) is 7.05.